The van der Waals surface area contributed by atoms with Crippen LogP contribution in [0.3, 0.4) is 0 Å². The third kappa shape index (κ3) is 10.4. The second kappa shape index (κ2) is 21.8. The molecule has 2 aromatic rings. The lowest BCUT2D eigenvalue weighted by molar-refractivity contribution is -0.337. The molecule has 428 valence electrons. The second-order valence-electron chi connectivity index (χ2n) is 22.0. The van der Waals surface area contributed by atoms with Gasteiger partial charge in [0.25, 0.3) is 0 Å². The molecule has 0 saturated carbocycles. The van der Waals surface area contributed by atoms with Crippen molar-refractivity contribution in [2.24, 2.45) is 5.92 Å². The van der Waals surface area contributed by atoms with Gasteiger partial charge in [0.2, 0.25) is 12.1 Å². The maximum atomic E-state index is 15.6. The SMILES string of the molecule is CO[C@@H]1C(=O)C(C(C)=O)=C(O)[C@@]2(O[C@H]3C[C@@H](O[C@H]4C[C@@H](O[C@H]5C[C@](C)(O)[C@H](O)[C@@H](C)O5)[C@@H](O)[C@@H](C)O4)[C@H](O)[C@@H](C)O3)C(=O)c3c(cc4cc(O[C@H]5C[C@@H](O[C@H]6C[C@@H](O)[C@H](O)[C@@H](C)O6)[C@H](O)[C@@H](C)O5)c(C)c(O)c4c3O)C[C@@H]12. The molecule has 5 saturated heterocycles. The number of benzene rings is 2. The van der Waals surface area contributed by atoms with E-state index in [1.807, 2.05) is 0 Å². The van der Waals surface area contributed by atoms with E-state index in [2.05, 4.69) is 0 Å². The third-order valence-electron chi connectivity index (χ3n) is 16.5. The van der Waals surface area contributed by atoms with Crippen LogP contribution in [0.5, 0.6) is 17.2 Å². The molecule has 2 aromatic carbocycles. The van der Waals surface area contributed by atoms with Crippen LogP contribution in [-0.2, 0) is 63.4 Å². The highest BCUT2D eigenvalue weighted by Gasteiger charge is 2.65. The molecule has 0 radical (unpaired) electrons. The molecule has 5 aliphatic heterocycles. The molecule has 5 heterocycles. The van der Waals surface area contributed by atoms with E-state index < -0.39 is 186 Å². The zero-order valence-electron chi connectivity index (χ0n) is 44.2. The molecule has 24 heteroatoms. The number of phenols is 2. The number of ketones is 3. The summed E-state index contributed by atoms with van der Waals surface area (Å²) in [4.78, 5) is 43.0. The van der Waals surface area contributed by atoms with Crippen molar-refractivity contribution in [3.63, 3.8) is 0 Å². The number of aliphatic hydroxyl groups is 8. The van der Waals surface area contributed by atoms with Gasteiger partial charge in [-0.1, -0.05) is 0 Å². The monoisotopic (exact) mass is 1090 g/mol. The topological polar surface area (TPSA) is 355 Å². The summed E-state index contributed by atoms with van der Waals surface area (Å²) < 4.78 is 66.8. The van der Waals surface area contributed by atoms with Crippen LogP contribution in [0.25, 0.3) is 10.8 Å². The lowest BCUT2D eigenvalue weighted by atomic mass is 9.62. The summed E-state index contributed by atoms with van der Waals surface area (Å²) in [6.07, 6.45) is -22.9. The van der Waals surface area contributed by atoms with Crippen molar-refractivity contribution >= 4 is 28.1 Å². The lowest BCUT2D eigenvalue weighted by Gasteiger charge is -2.50. The van der Waals surface area contributed by atoms with Gasteiger partial charge in [-0.25, -0.2) is 0 Å². The quantitative estimate of drug-likeness (QED) is 0.131. The Bertz CT molecular complexity index is 2590. The largest absolute Gasteiger partial charge is 0.508 e. The molecular formula is C53H72O24. The van der Waals surface area contributed by atoms with Gasteiger partial charge in [-0.3, -0.25) is 14.4 Å². The van der Waals surface area contributed by atoms with Crippen molar-refractivity contribution in [3.05, 3.63) is 40.2 Å². The number of fused-ring (bicyclic) bond motifs is 3. The van der Waals surface area contributed by atoms with Gasteiger partial charge in [-0.2, -0.15) is 0 Å². The van der Waals surface area contributed by atoms with E-state index in [4.69, 9.17) is 52.1 Å². The van der Waals surface area contributed by atoms with Gasteiger partial charge in [0.1, 0.15) is 65.2 Å². The van der Waals surface area contributed by atoms with E-state index in [0.29, 0.717) is 0 Å². The van der Waals surface area contributed by atoms with E-state index >= 15 is 4.79 Å². The number of phenolic OH excluding ortho intramolecular Hbond substituents is 2. The van der Waals surface area contributed by atoms with Crippen LogP contribution in [0, 0.1) is 12.8 Å². The zero-order chi connectivity index (χ0) is 56.1. The predicted octanol–water partition coefficient (Wildman–Crippen LogP) is 0.794. The van der Waals surface area contributed by atoms with Crippen LogP contribution in [-0.4, -0.2) is 210 Å². The van der Waals surface area contributed by atoms with Gasteiger partial charge < -0.3 is 103 Å². The van der Waals surface area contributed by atoms with Crippen molar-refractivity contribution in [3.8, 4) is 17.2 Å². The summed E-state index contributed by atoms with van der Waals surface area (Å²) in [5, 5.41) is 112. The first kappa shape index (κ1) is 57.6. The molecule has 0 aromatic heterocycles. The van der Waals surface area contributed by atoms with Crippen LogP contribution in [0.15, 0.2) is 23.5 Å². The van der Waals surface area contributed by atoms with Crippen LogP contribution < -0.4 is 4.74 Å². The summed E-state index contributed by atoms with van der Waals surface area (Å²) in [7, 11) is 1.18. The average Bonchev–Trinajstić information content (AvgIpc) is 3.44. The number of aromatic hydroxyl groups is 2. The molecule has 7 aliphatic rings. The van der Waals surface area contributed by atoms with Crippen molar-refractivity contribution in [2.45, 2.75) is 228 Å². The number of carbonyl (C=O) groups excluding carboxylic acids is 3. The Morgan fingerprint density at radius 2 is 1.18 bits per heavy atom. The Morgan fingerprint density at radius 3 is 1.74 bits per heavy atom. The fourth-order valence-corrected chi connectivity index (χ4v) is 12.1. The number of ether oxygens (including phenoxy) is 11. The van der Waals surface area contributed by atoms with Crippen molar-refractivity contribution in [2.75, 3.05) is 7.11 Å². The first-order chi connectivity index (χ1) is 36.2. The Balaban J connectivity index is 1.00. The predicted molar refractivity (Wildman–Crippen MR) is 260 cm³/mol. The van der Waals surface area contributed by atoms with Crippen molar-refractivity contribution in [1.82, 2.24) is 0 Å². The summed E-state index contributed by atoms with van der Waals surface area (Å²) in [5.41, 5.74) is -5.23. The number of rotatable bonds is 12. The Kier molecular flexibility index (Phi) is 16.3. The van der Waals surface area contributed by atoms with Gasteiger partial charge in [-0.15, -0.1) is 0 Å². The minimum Gasteiger partial charge on any atom is -0.508 e. The first-order valence-electron chi connectivity index (χ1n) is 26.1. The molecular weight excluding hydrogens is 1020 g/mol. The molecule has 0 spiro atoms. The van der Waals surface area contributed by atoms with E-state index in [-0.39, 0.29) is 66.2 Å². The summed E-state index contributed by atoms with van der Waals surface area (Å²) in [5.74, 6) is -6.67. The molecule has 0 unspecified atom stereocenters. The van der Waals surface area contributed by atoms with Crippen LogP contribution in [0.1, 0.15) is 102 Å². The van der Waals surface area contributed by atoms with Crippen LogP contribution in [0.4, 0.5) is 0 Å². The number of aliphatic hydroxyl groups excluding tert-OH is 7. The van der Waals surface area contributed by atoms with E-state index in [9.17, 15) is 60.7 Å². The molecule has 2 aliphatic carbocycles. The van der Waals surface area contributed by atoms with Gasteiger partial charge >= 0.3 is 0 Å². The molecule has 5 fully saturated rings. The van der Waals surface area contributed by atoms with Crippen molar-refractivity contribution < 1.29 is 118 Å². The average molecular weight is 1090 g/mol. The Morgan fingerprint density at radius 1 is 0.675 bits per heavy atom. The summed E-state index contributed by atoms with van der Waals surface area (Å²) in [6.45, 7) is 11.8. The highest BCUT2D eigenvalue weighted by atomic mass is 16.7. The fourth-order valence-electron chi connectivity index (χ4n) is 12.1. The number of methoxy groups -OCH3 is 1. The van der Waals surface area contributed by atoms with Gasteiger partial charge in [0.15, 0.2) is 42.3 Å². The van der Waals surface area contributed by atoms with Gasteiger partial charge in [0, 0.05) is 50.7 Å². The Hall–Kier alpha value is -4.03. The molecule has 0 bridgehead atoms. The number of hydrogen-bond donors (Lipinski definition) is 10. The Labute approximate surface area is 443 Å². The molecule has 23 atom stereocenters. The smallest absolute Gasteiger partial charge is 0.207 e. The third-order valence-corrected chi connectivity index (χ3v) is 16.5. The summed E-state index contributed by atoms with van der Waals surface area (Å²) in [6, 6.07) is 2.98. The molecule has 24 nitrogen and oxygen atoms in total. The van der Waals surface area contributed by atoms with Gasteiger partial charge in [0.05, 0.1) is 71.5 Å². The highest BCUT2D eigenvalue weighted by molar-refractivity contribution is 6.25. The molecule has 77 heavy (non-hydrogen) atoms. The van der Waals surface area contributed by atoms with E-state index in [0.717, 1.165) is 6.92 Å². The summed E-state index contributed by atoms with van der Waals surface area (Å²) >= 11 is 0. The van der Waals surface area contributed by atoms with Gasteiger partial charge in [-0.05, 0) is 84.9 Å². The lowest BCUT2D eigenvalue weighted by Crippen LogP contribution is -2.65. The number of hydrogen-bond acceptors (Lipinski definition) is 24. The zero-order valence-corrected chi connectivity index (χ0v) is 44.2. The van der Waals surface area contributed by atoms with E-state index in [1.165, 1.54) is 40.0 Å². The van der Waals surface area contributed by atoms with Crippen LogP contribution in [0.2, 0.25) is 0 Å². The maximum Gasteiger partial charge on any atom is 0.207 e. The van der Waals surface area contributed by atoms with Crippen LogP contribution >= 0.6 is 0 Å². The highest BCUT2D eigenvalue weighted by Crippen LogP contribution is 2.53. The minimum atomic E-state index is -2.68. The molecule has 10 N–H and O–H groups in total. The first-order valence-corrected chi connectivity index (χ1v) is 26.1. The maximum absolute atomic E-state index is 15.6. The standard InChI is InChI=1S/C53H72O24/c1-18-29(73-34-14-30(43(58)21(4)69-34)74-33-13-28(55)42(57)20(3)68-33)12-26-10-25-11-27-48(67-9)47(62)38(19(2)54)50(64)53(27,51(65)40(25)46(61)39(26)41(18)56)77-36-16-32(45(60)23(6)71-36)75-35-15-31(44(59)22(5)70-35)76-37-17-52(8,66)49(63)24(7)72-37/h10,12,20-24,27-28,30-37,42-45,48-49,55-61,63-64,66H,11,13-17H2,1-9H3/t20-,21-,22-,23-,24-,27+,28-,30-,31-,32-,33+,34+,35+,36+,37+,42-,43-,44+,45-,48+,49-,52+,53-/m1/s1. The fraction of sp³-hybridized carbons (Fsp3) is 0.717. The minimum absolute atomic E-state index is 0.0487. The van der Waals surface area contributed by atoms with Crippen molar-refractivity contribution in [1.29, 1.82) is 0 Å². The molecule has 0 amide bonds. The normalized spacial score (nSPS) is 43.7. The molecule has 9 rings (SSSR count). The second-order valence-corrected chi connectivity index (χ2v) is 22.0. The number of carbonyl (C=O) groups is 3. The van der Waals surface area contributed by atoms with E-state index in [1.54, 1.807) is 27.7 Å². The number of Topliss-reactive ketones (excluding diaryl/α,β-unsaturated/α-hetero) is 3.